The number of benzene rings is 3. The number of nitro benzene ring substituents is 1. The smallest absolute Gasteiger partial charge is 0.416 e. The van der Waals surface area contributed by atoms with E-state index in [1.165, 1.54) is 31.5 Å². The minimum Gasteiger partial charge on any atom is -0.497 e. The van der Waals surface area contributed by atoms with Gasteiger partial charge in [0.05, 0.1) is 30.4 Å². The van der Waals surface area contributed by atoms with Gasteiger partial charge in [0, 0.05) is 11.6 Å². The number of methoxy groups -OCH3 is 1. The fraction of sp³-hybridized carbons (Fsp3) is 0.167. The lowest BCUT2D eigenvalue weighted by Crippen LogP contribution is -2.17. The van der Waals surface area contributed by atoms with E-state index >= 15 is 0 Å². The van der Waals surface area contributed by atoms with Crippen LogP contribution in [0.25, 0.3) is 0 Å². The molecule has 1 N–H and O–H groups in total. The first kappa shape index (κ1) is 26.0. The van der Waals surface area contributed by atoms with Gasteiger partial charge in [-0.15, -0.1) is 0 Å². The minimum absolute atomic E-state index is 0.0409. The average Bonchev–Trinajstić information content (AvgIpc) is 2.85. The third-order valence-electron chi connectivity index (χ3n) is 4.70. The second kappa shape index (κ2) is 11.2. The molecule has 0 aromatic heterocycles. The van der Waals surface area contributed by atoms with Crippen molar-refractivity contribution in [1.29, 1.82) is 0 Å². The third-order valence-corrected chi connectivity index (χ3v) is 4.70. The maximum Gasteiger partial charge on any atom is 0.416 e. The molecular weight excluding hydrogens is 483 g/mol. The molecule has 0 saturated carbocycles. The molecule has 9 nitrogen and oxygen atoms in total. The van der Waals surface area contributed by atoms with E-state index in [4.69, 9.17) is 14.2 Å². The molecule has 0 aliphatic heterocycles. The Labute approximate surface area is 203 Å². The van der Waals surface area contributed by atoms with Crippen LogP contribution in [0, 0.1) is 10.1 Å². The van der Waals surface area contributed by atoms with Crippen molar-refractivity contribution >= 4 is 17.8 Å². The summed E-state index contributed by atoms with van der Waals surface area (Å²) in [5.74, 6) is -0.0330. The van der Waals surface area contributed by atoms with E-state index in [1.54, 1.807) is 31.2 Å². The van der Waals surface area contributed by atoms with Crippen LogP contribution in [0.3, 0.4) is 0 Å². The average molecular weight is 503 g/mol. The van der Waals surface area contributed by atoms with Crippen molar-refractivity contribution in [2.24, 2.45) is 5.10 Å². The lowest BCUT2D eigenvalue weighted by molar-refractivity contribution is -0.385. The molecule has 0 spiro atoms. The Morgan fingerprint density at radius 3 is 2.36 bits per heavy atom. The van der Waals surface area contributed by atoms with Crippen LogP contribution >= 0.6 is 0 Å². The SMILES string of the molecule is CCOc1cc(/C=N/NC(=O)c2ccc(OC)cc2)ccc1Oc1ccc(C(F)(F)F)cc1[N+](=O)[O-]. The number of halogens is 3. The summed E-state index contributed by atoms with van der Waals surface area (Å²) in [5.41, 5.74) is 1.21. The van der Waals surface area contributed by atoms with Gasteiger partial charge in [-0.3, -0.25) is 14.9 Å². The summed E-state index contributed by atoms with van der Waals surface area (Å²) in [5, 5.41) is 15.2. The van der Waals surface area contributed by atoms with E-state index < -0.39 is 28.3 Å². The molecule has 0 bridgehead atoms. The predicted octanol–water partition coefficient (Wildman–Crippen LogP) is 5.58. The van der Waals surface area contributed by atoms with Crippen molar-refractivity contribution < 1.29 is 37.1 Å². The van der Waals surface area contributed by atoms with E-state index in [0.717, 1.165) is 6.07 Å². The van der Waals surface area contributed by atoms with Crippen molar-refractivity contribution in [3.05, 3.63) is 87.5 Å². The van der Waals surface area contributed by atoms with Crippen molar-refractivity contribution in [3.63, 3.8) is 0 Å². The zero-order valence-electron chi connectivity index (χ0n) is 19.0. The summed E-state index contributed by atoms with van der Waals surface area (Å²) < 4.78 is 54.9. The number of carbonyl (C=O) groups excluding carboxylic acids is 1. The zero-order valence-corrected chi connectivity index (χ0v) is 19.0. The second-order valence-corrected chi connectivity index (χ2v) is 7.11. The summed E-state index contributed by atoms with van der Waals surface area (Å²) in [7, 11) is 1.51. The topological polar surface area (TPSA) is 112 Å². The first-order valence-electron chi connectivity index (χ1n) is 10.4. The molecule has 0 aliphatic rings. The quantitative estimate of drug-likeness (QED) is 0.232. The number of hydrazone groups is 1. The second-order valence-electron chi connectivity index (χ2n) is 7.11. The Kier molecular flexibility index (Phi) is 8.10. The lowest BCUT2D eigenvalue weighted by Gasteiger charge is -2.13. The van der Waals surface area contributed by atoms with Crippen LogP contribution in [0.5, 0.6) is 23.0 Å². The van der Waals surface area contributed by atoms with Gasteiger partial charge in [-0.1, -0.05) is 0 Å². The number of hydrogen-bond acceptors (Lipinski definition) is 7. The Balaban J connectivity index is 1.79. The Bertz CT molecular complexity index is 1280. The number of nitro groups is 1. The van der Waals surface area contributed by atoms with Crippen LogP contribution in [0.1, 0.15) is 28.4 Å². The molecule has 0 radical (unpaired) electrons. The third kappa shape index (κ3) is 6.50. The number of ether oxygens (including phenoxy) is 3. The molecule has 12 heteroatoms. The molecule has 0 heterocycles. The first-order valence-corrected chi connectivity index (χ1v) is 10.4. The van der Waals surface area contributed by atoms with E-state index in [9.17, 15) is 28.1 Å². The van der Waals surface area contributed by atoms with Gasteiger partial charge < -0.3 is 14.2 Å². The van der Waals surface area contributed by atoms with Crippen molar-refractivity contribution in [1.82, 2.24) is 5.43 Å². The Morgan fingerprint density at radius 2 is 1.75 bits per heavy atom. The molecule has 3 rings (SSSR count). The van der Waals surface area contributed by atoms with Crippen LogP contribution in [-0.2, 0) is 6.18 Å². The number of nitrogens with one attached hydrogen (secondary N) is 1. The molecule has 3 aromatic rings. The van der Waals surface area contributed by atoms with Gasteiger partial charge in [0.1, 0.15) is 5.75 Å². The summed E-state index contributed by atoms with van der Waals surface area (Å²) in [4.78, 5) is 22.6. The van der Waals surface area contributed by atoms with Crippen LogP contribution < -0.4 is 19.6 Å². The van der Waals surface area contributed by atoms with Crippen LogP contribution in [0.15, 0.2) is 65.8 Å². The molecule has 188 valence electrons. The van der Waals surface area contributed by atoms with Crippen molar-refractivity contribution in [3.8, 4) is 23.0 Å². The fourth-order valence-corrected chi connectivity index (χ4v) is 2.97. The van der Waals surface area contributed by atoms with Crippen LogP contribution in [0.2, 0.25) is 0 Å². The van der Waals surface area contributed by atoms with Gasteiger partial charge in [-0.05, 0) is 67.1 Å². The van der Waals surface area contributed by atoms with E-state index in [2.05, 4.69) is 10.5 Å². The van der Waals surface area contributed by atoms with Gasteiger partial charge in [0.2, 0.25) is 5.75 Å². The highest BCUT2D eigenvalue weighted by atomic mass is 19.4. The van der Waals surface area contributed by atoms with Gasteiger partial charge >= 0.3 is 11.9 Å². The summed E-state index contributed by atoms with van der Waals surface area (Å²) in [6, 6.07) is 12.8. The van der Waals surface area contributed by atoms with E-state index in [1.807, 2.05) is 0 Å². The molecule has 0 aliphatic carbocycles. The minimum atomic E-state index is -4.75. The number of amides is 1. The van der Waals surface area contributed by atoms with Crippen LogP contribution in [0.4, 0.5) is 18.9 Å². The van der Waals surface area contributed by atoms with E-state index in [-0.39, 0.29) is 23.9 Å². The molecule has 0 unspecified atom stereocenters. The molecule has 0 atom stereocenters. The number of rotatable bonds is 9. The first-order chi connectivity index (χ1) is 17.1. The fourth-order valence-electron chi connectivity index (χ4n) is 2.97. The van der Waals surface area contributed by atoms with Crippen molar-refractivity contribution in [2.45, 2.75) is 13.1 Å². The van der Waals surface area contributed by atoms with Crippen molar-refractivity contribution in [2.75, 3.05) is 13.7 Å². The number of alkyl halides is 3. The molecule has 3 aromatic carbocycles. The Hall–Kier alpha value is -4.61. The highest BCUT2D eigenvalue weighted by molar-refractivity contribution is 5.95. The molecular formula is C24H20F3N3O6. The van der Waals surface area contributed by atoms with Gasteiger partial charge in [0.25, 0.3) is 5.91 Å². The number of hydrogen-bond donors (Lipinski definition) is 1. The molecule has 0 saturated heterocycles. The summed E-state index contributed by atoms with van der Waals surface area (Å²) in [6.07, 6.45) is -3.40. The van der Waals surface area contributed by atoms with E-state index in [0.29, 0.717) is 29.0 Å². The van der Waals surface area contributed by atoms with Crippen LogP contribution in [-0.4, -0.2) is 30.8 Å². The standard InChI is InChI=1S/C24H20F3N3O6/c1-3-35-22-12-15(14-28-29-23(31)16-5-8-18(34-2)9-6-16)4-10-21(22)36-20-11-7-17(24(25,26)27)13-19(20)30(32)33/h4-14H,3H2,1-2H3,(H,29,31)/b28-14+. The summed E-state index contributed by atoms with van der Waals surface area (Å²) in [6.45, 7) is 1.90. The number of carbonyl (C=O) groups is 1. The predicted molar refractivity (Wildman–Crippen MR) is 124 cm³/mol. The monoisotopic (exact) mass is 503 g/mol. The Morgan fingerprint density at radius 1 is 1.06 bits per heavy atom. The highest BCUT2D eigenvalue weighted by Crippen LogP contribution is 2.40. The maximum absolute atomic E-state index is 13.0. The highest BCUT2D eigenvalue weighted by Gasteiger charge is 2.33. The largest absolute Gasteiger partial charge is 0.497 e. The normalized spacial score (nSPS) is 11.2. The molecule has 1 amide bonds. The van der Waals surface area contributed by atoms with Gasteiger partial charge in [0.15, 0.2) is 11.5 Å². The zero-order chi connectivity index (χ0) is 26.3. The molecule has 36 heavy (non-hydrogen) atoms. The number of nitrogens with zero attached hydrogens (tertiary/aromatic N) is 2. The van der Waals surface area contributed by atoms with Gasteiger partial charge in [-0.2, -0.15) is 18.3 Å². The molecule has 0 fully saturated rings. The maximum atomic E-state index is 13.0. The summed E-state index contributed by atoms with van der Waals surface area (Å²) >= 11 is 0. The lowest BCUT2D eigenvalue weighted by atomic mass is 10.1. The van der Waals surface area contributed by atoms with Gasteiger partial charge in [-0.25, -0.2) is 5.43 Å².